The lowest BCUT2D eigenvalue weighted by molar-refractivity contribution is 0.472. The second kappa shape index (κ2) is 6.17. The highest BCUT2D eigenvalue weighted by molar-refractivity contribution is 9.10. The van der Waals surface area contributed by atoms with Gasteiger partial charge >= 0.3 is 0 Å². The fourth-order valence-electron chi connectivity index (χ4n) is 1.85. The number of nitrogens with one attached hydrogen (secondary N) is 1. The van der Waals surface area contributed by atoms with Crippen molar-refractivity contribution in [2.24, 2.45) is 0 Å². The minimum absolute atomic E-state index is 0.0715. The molecule has 0 saturated heterocycles. The van der Waals surface area contributed by atoms with E-state index in [9.17, 15) is 9.50 Å². The van der Waals surface area contributed by atoms with Gasteiger partial charge in [0.2, 0.25) is 0 Å². The van der Waals surface area contributed by atoms with E-state index in [0.717, 1.165) is 15.6 Å². The van der Waals surface area contributed by atoms with Crippen molar-refractivity contribution in [1.82, 2.24) is 5.32 Å². The zero-order valence-electron chi connectivity index (χ0n) is 10.5. The number of hydrogen-bond donors (Lipinski definition) is 2. The van der Waals surface area contributed by atoms with Crippen LogP contribution >= 0.6 is 15.9 Å². The van der Waals surface area contributed by atoms with Gasteiger partial charge in [0, 0.05) is 17.1 Å². The van der Waals surface area contributed by atoms with E-state index in [2.05, 4.69) is 21.2 Å². The van der Waals surface area contributed by atoms with Gasteiger partial charge in [-0.2, -0.15) is 0 Å². The number of aromatic hydroxyl groups is 1. The SMILES string of the molecule is CC(NCc1cc(F)ccc1Br)c1cccc(O)c1. The minimum atomic E-state index is -0.245. The normalized spacial score (nSPS) is 12.4. The topological polar surface area (TPSA) is 32.3 Å². The van der Waals surface area contributed by atoms with Crippen molar-refractivity contribution >= 4 is 15.9 Å². The third-order valence-electron chi connectivity index (χ3n) is 2.98. The van der Waals surface area contributed by atoms with Gasteiger partial charge in [-0.25, -0.2) is 4.39 Å². The van der Waals surface area contributed by atoms with Crippen molar-refractivity contribution in [2.45, 2.75) is 19.5 Å². The number of phenolic OH excluding ortho intramolecular Hbond substituents is 1. The summed E-state index contributed by atoms with van der Waals surface area (Å²) in [6, 6.07) is 11.8. The summed E-state index contributed by atoms with van der Waals surface area (Å²) in [7, 11) is 0. The second-order valence-electron chi connectivity index (χ2n) is 4.43. The van der Waals surface area contributed by atoms with Crippen LogP contribution in [0.25, 0.3) is 0 Å². The molecule has 2 nitrogen and oxygen atoms in total. The number of phenols is 1. The van der Waals surface area contributed by atoms with Gasteiger partial charge in [-0.05, 0) is 48.4 Å². The molecule has 2 aromatic rings. The van der Waals surface area contributed by atoms with Gasteiger partial charge in [-0.3, -0.25) is 0 Å². The highest BCUT2D eigenvalue weighted by Crippen LogP contribution is 2.21. The van der Waals surface area contributed by atoms with E-state index in [4.69, 9.17) is 0 Å². The average Bonchev–Trinajstić information content (AvgIpc) is 2.39. The molecule has 0 radical (unpaired) electrons. The lowest BCUT2D eigenvalue weighted by Gasteiger charge is -2.15. The maximum atomic E-state index is 13.2. The molecular formula is C15H15BrFNO. The molecule has 2 aromatic carbocycles. The molecule has 0 aliphatic rings. The van der Waals surface area contributed by atoms with E-state index in [1.807, 2.05) is 13.0 Å². The predicted octanol–water partition coefficient (Wildman–Crippen LogP) is 4.14. The Morgan fingerprint density at radius 3 is 2.79 bits per heavy atom. The van der Waals surface area contributed by atoms with Crippen LogP contribution < -0.4 is 5.32 Å². The molecule has 0 heterocycles. The van der Waals surface area contributed by atoms with Gasteiger partial charge in [0.05, 0.1) is 0 Å². The number of halogens is 2. The summed E-state index contributed by atoms with van der Waals surface area (Å²) in [6.45, 7) is 2.55. The van der Waals surface area contributed by atoms with Crippen LogP contribution in [-0.4, -0.2) is 5.11 Å². The molecule has 0 aliphatic carbocycles. The molecular weight excluding hydrogens is 309 g/mol. The minimum Gasteiger partial charge on any atom is -0.508 e. The first-order chi connectivity index (χ1) is 9.06. The van der Waals surface area contributed by atoms with E-state index in [0.29, 0.717) is 6.54 Å². The summed E-state index contributed by atoms with van der Waals surface area (Å²) < 4.78 is 14.0. The fraction of sp³-hybridized carbons (Fsp3) is 0.200. The monoisotopic (exact) mass is 323 g/mol. The Hall–Kier alpha value is -1.39. The molecule has 4 heteroatoms. The van der Waals surface area contributed by atoms with Crippen LogP contribution in [0.3, 0.4) is 0 Å². The Morgan fingerprint density at radius 2 is 2.05 bits per heavy atom. The number of benzene rings is 2. The first-order valence-electron chi connectivity index (χ1n) is 6.02. The van der Waals surface area contributed by atoms with Crippen LogP contribution in [0.1, 0.15) is 24.1 Å². The van der Waals surface area contributed by atoms with Crippen molar-refractivity contribution in [3.05, 3.63) is 63.9 Å². The van der Waals surface area contributed by atoms with Crippen molar-refractivity contribution in [1.29, 1.82) is 0 Å². The summed E-state index contributed by atoms with van der Waals surface area (Å²) in [5.41, 5.74) is 1.86. The lowest BCUT2D eigenvalue weighted by atomic mass is 10.1. The first-order valence-corrected chi connectivity index (χ1v) is 6.82. The lowest BCUT2D eigenvalue weighted by Crippen LogP contribution is -2.18. The maximum absolute atomic E-state index is 13.2. The zero-order chi connectivity index (χ0) is 13.8. The summed E-state index contributed by atoms with van der Waals surface area (Å²) in [5, 5.41) is 12.7. The van der Waals surface area contributed by atoms with Crippen LogP contribution in [0, 0.1) is 5.82 Å². The van der Waals surface area contributed by atoms with Crippen LogP contribution in [0.2, 0.25) is 0 Å². The highest BCUT2D eigenvalue weighted by atomic mass is 79.9. The number of rotatable bonds is 4. The average molecular weight is 324 g/mol. The van der Waals surface area contributed by atoms with Gasteiger partial charge in [0.25, 0.3) is 0 Å². The third kappa shape index (κ3) is 3.78. The summed E-state index contributed by atoms with van der Waals surface area (Å²) in [5.74, 6) is 0.00287. The Bertz CT molecular complexity index is 574. The Labute approximate surface area is 120 Å². The Morgan fingerprint density at radius 1 is 1.26 bits per heavy atom. The van der Waals surface area contributed by atoms with Gasteiger partial charge in [0.1, 0.15) is 11.6 Å². The van der Waals surface area contributed by atoms with Crippen LogP contribution in [0.15, 0.2) is 46.9 Å². The Kier molecular flexibility index (Phi) is 4.56. The van der Waals surface area contributed by atoms with Gasteiger partial charge in [-0.15, -0.1) is 0 Å². The van der Waals surface area contributed by atoms with Gasteiger partial charge in [0.15, 0.2) is 0 Å². The van der Waals surface area contributed by atoms with Crippen molar-refractivity contribution in [3.8, 4) is 5.75 Å². The number of hydrogen-bond acceptors (Lipinski definition) is 2. The van der Waals surface area contributed by atoms with E-state index in [-0.39, 0.29) is 17.6 Å². The molecule has 0 bridgehead atoms. The van der Waals surface area contributed by atoms with Crippen LogP contribution in [0.4, 0.5) is 4.39 Å². The highest BCUT2D eigenvalue weighted by Gasteiger charge is 2.07. The largest absolute Gasteiger partial charge is 0.508 e. The first kappa shape index (κ1) is 14.0. The molecule has 19 heavy (non-hydrogen) atoms. The summed E-state index contributed by atoms with van der Waals surface area (Å²) in [4.78, 5) is 0. The molecule has 1 unspecified atom stereocenters. The molecule has 100 valence electrons. The van der Waals surface area contributed by atoms with Crippen molar-refractivity contribution in [2.75, 3.05) is 0 Å². The predicted molar refractivity (Wildman–Crippen MR) is 77.5 cm³/mol. The molecule has 0 fully saturated rings. The molecule has 0 saturated carbocycles. The molecule has 0 spiro atoms. The smallest absolute Gasteiger partial charge is 0.123 e. The van der Waals surface area contributed by atoms with Gasteiger partial charge < -0.3 is 10.4 Å². The summed E-state index contributed by atoms with van der Waals surface area (Å²) >= 11 is 3.40. The van der Waals surface area contributed by atoms with E-state index < -0.39 is 0 Å². The van der Waals surface area contributed by atoms with Crippen LogP contribution in [-0.2, 0) is 6.54 Å². The maximum Gasteiger partial charge on any atom is 0.123 e. The zero-order valence-corrected chi connectivity index (χ0v) is 12.1. The van der Waals surface area contributed by atoms with E-state index >= 15 is 0 Å². The molecule has 0 amide bonds. The molecule has 2 N–H and O–H groups in total. The third-order valence-corrected chi connectivity index (χ3v) is 3.75. The van der Waals surface area contributed by atoms with Gasteiger partial charge in [-0.1, -0.05) is 28.1 Å². The standard InChI is InChI=1S/C15H15BrFNO/c1-10(11-3-2-4-14(19)8-11)18-9-12-7-13(17)5-6-15(12)16/h2-8,10,18-19H,9H2,1H3. The Balaban J connectivity index is 2.04. The fourth-order valence-corrected chi connectivity index (χ4v) is 2.24. The van der Waals surface area contributed by atoms with Crippen molar-refractivity contribution in [3.63, 3.8) is 0 Å². The van der Waals surface area contributed by atoms with Crippen LogP contribution in [0.5, 0.6) is 5.75 Å². The molecule has 0 aliphatic heterocycles. The molecule has 2 rings (SSSR count). The van der Waals surface area contributed by atoms with Crippen molar-refractivity contribution < 1.29 is 9.50 Å². The van der Waals surface area contributed by atoms with E-state index in [1.165, 1.54) is 12.1 Å². The summed E-state index contributed by atoms with van der Waals surface area (Å²) in [6.07, 6.45) is 0. The molecule has 1 atom stereocenters. The quantitative estimate of drug-likeness (QED) is 0.886. The molecule has 0 aromatic heterocycles. The van der Waals surface area contributed by atoms with E-state index in [1.54, 1.807) is 24.3 Å². The second-order valence-corrected chi connectivity index (χ2v) is 5.29.